The fourth-order valence-electron chi connectivity index (χ4n) is 3.57. The lowest BCUT2D eigenvalue weighted by atomic mass is 9.70. The quantitative estimate of drug-likeness (QED) is 0.520. The third-order valence-corrected chi connectivity index (χ3v) is 5.08. The van der Waals surface area contributed by atoms with Crippen molar-refractivity contribution in [3.8, 4) is 5.75 Å². The number of methoxy groups -OCH3 is 2. The lowest BCUT2D eigenvalue weighted by Gasteiger charge is -2.35. The van der Waals surface area contributed by atoms with Crippen molar-refractivity contribution in [3.05, 3.63) is 29.3 Å². The predicted octanol–water partition coefficient (Wildman–Crippen LogP) is 3.57. The van der Waals surface area contributed by atoms with Gasteiger partial charge in [0.2, 0.25) is 0 Å². The molecule has 26 heavy (non-hydrogen) atoms. The van der Waals surface area contributed by atoms with Gasteiger partial charge in [0.15, 0.2) is 0 Å². The van der Waals surface area contributed by atoms with E-state index in [0.717, 1.165) is 38.4 Å². The zero-order valence-electron chi connectivity index (χ0n) is 15.4. The molecule has 142 valence electrons. The van der Waals surface area contributed by atoms with E-state index in [2.05, 4.69) is 0 Å². The molecule has 1 saturated carbocycles. The summed E-state index contributed by atoms with van der Waals surface area (Å²) in [5.41, 5.74) is 0.460. The average molecular weight is 362 g/mol. The van der Waals surface area contributed by atoms with Crippen LogP contribution in [0.1, 0.15) is 65.7 Å². The van der Waals surface area contributed by atoms with Gasteiger partial charge in [-0.25, -0.2) is 9.59 Å². The fraction of sp³-hybridized carbons (Fsp3) is 0.550. The Bertz CT molecular complexity index is 611. The maximum absolute atomic E-state index is 11.8. The van der Waals surface area contributed by atoms with Crippen LogP contribution in [0.2, 0.25) is 0 Å². The number of ether oxygens (including phenoxy) is 3. The predicted molar refractivity (Wildman–Crippen MR) is 95.4 cm³/mol. The number of carbonyl (C=O) groups excluding carboxylic acids is 3. The summed E-state index contributed by atoms with van der Waals surface area (Å²) in [6.07, 6.45) is 7.86. The molecule has 1 aliphatic rings. The van der Waals surface area contributed by atoms with Gasteiger partial charge in [0.05, 0.1) is 32.0 Å². The molecule has 0 unspecified atom stereocenters. The maximum Gasteiger partial charge on any atom is 0.338 e. The van der Waals surface area contributed by atoms with Crippen LogP contribution >= 0.6 is 0 Å². The molecule has 0 aromatic heterocycles. The summed E-state index contributed by atoms with van der Waals surface area (Å²) >= 11 is 0. The first-order valence-corrected chi connectivity index (χ1v) is 8.92. The van der Waals surface area contributed by atoms with Gasteiger partial charge < -0.3 is 19.0 Å². The van der Waals surface area contributed by atoms with Crippen LogP contribution in [0.3, 0.4) is 0 Å². The molecule has 0 radical (unpaired) electrons. The molecular weight excluding hydrogens is 336 g/mol. The molecule has 1 fully saturated rings. The Morgan fingerprint density at radius 2 is 1.58 bits per heavy atom. The third-order valence-electron chi connectivity index (χ3n) is 5.08. The van der Waals surface area contributed by atoms with Crippen LogP contribution < -0.4 is 4.74 Å². The summed E-state index contributed by atoms with van der Waals surface area (Å²) in [6, 6.07) is 4.51. The van der Waals surface area contributed by atoms with Gasteiger partial charge in [-0.1, -0.05) is 19.3 Å². The molecule has 0 amide bonds. The standard InChI is InChI=1S/C20H26O6/c1-24-18(22)15-12-16(19(23)25-2)14-17(13-15)26-11-9-20(8-10-21)6-4-3-5-7-20/h10,12-14H,3-9,11H2,1-2H3. The number of carbonyl (C=O) groups is 3. The van der Waals surface area contributed by atoms with Crippen LogP contribution in [-0.4, -0.2) is 39.1 Å². The van der Waals surface area contributed by atoms with Gasteiger partial charge in [0, 0.05) is 6.42 Å². The number of hydrogen-bond acceptors (Lipinski definition) is 6. The van der Waals surface area contributed by atoms with E-state index in [4.69, 9.17) is 14.2 Å². The molecule has 0 bridgehead atoms. The molecule has 2 rings (SSSR count). The van der Waals surface area contributed by atoms with Gasteiger partial charge >= 0.3 is 11.9 Å². The Balaban J connectivity index is 2.10. The van der Waals surface area contributed by atoms with Gasteiger partial charge in [-0.05, 0) is 42.9 Å². The maximum atomic E-state index is 11.8. The summed E-state index contributed by atoms with van der Waals surface area (Å²) in [4.78, 5) is 34.7. The number of aldehydes is 1. The number of hydrogen-bond donors (Lipinski definition) is 0. The van der Waals surface area contributed by atoms with E-state index in [1.165, 1.54) is 26.7 Å². The molecule has 0 heterocycles. The smallest absolute Gasteiger partial charge is 0.338 e. The Kier molecular flexibility index (Phi) is 7.18. The highest BCUT2D eigenvalue weighted by Crippen LogP contribution is 2.41. The molecule has 6 heteroatoms. The monoisotopic (exact) mass is 362 g/mol. The van der Waals surface area contributed by atoms with Crippen molar-refractivity contribution in [2.45, 2.75) is 44.9 Å². The normalized spacial score (nSPS) is 15.8. The first-order valence-electron chi connectivity index (χ1n) is 8.92. The first kappa shape index (κ1) is 19.9. The summed E-state index contributed by atoms with van der Waals surface area (Å²) in [7, 11) is 2.56. The Morgan fingerprint density at radius 1 is 1.00 bits per heavy atom. The number of rotatable bonds is 8. The van der Waals surface area contributed by atoms with Crippen molar-refractivity contribution in [2.75, 3.05) is 20.8 Å². The fourth-order valence-corrected chi connectivity index (χ4v) is 3.57. The van der Waals surface area contributed by atoms with Crippen molar-refractivity contribution in [3.63, 3.8) is 0 Å². The minimum absolute atomic E-state index is 0.00510. The SMILES string of the molecule is COC(=O)c1cc(OCCC2(CC=O)CCCCC2)cc(C(=O)OC)c1. The zero-order valence-corrected chi connectivity index (χ0v) is 15.4. The molecule has 1 aromatic rings. The lowest BCUT2D eigenvalue weighted by molar-refractivity contribution is -0.110. The molecule has 0 saturated heterocycles. The van der Waals surface area contributed by atoms with E-state index in [1.54, 1.807) is 12.1 Å². The Morgan fingerprint density at radius 3 is 2.08 bits per heavy atom. The van der Waals surface area contributed by atoms with Crippen LogP contribution in [0.4, 0.5) is 0 Å². The zero-order chi connectivity index (χ0) is 19.0. The highest BCUT2D eigenvalue weighted by molar-refractivity contribution is 5.96. The molecule has 0 atom stereocenters. The van der Waals surface area contributed by atoms with Crippen LogP contribution in [-0.2, 0) is 14.3 Å². The Hall–Kier alpha value is -2.37. The highest BCUT2D eigenvalue weighted by Gasteiger charge is 2.31. The lowest BCUT2D eigenvalue weighted by Crippen LogP contribution is -2.27. The van der Waals surface area contributed by atoms with Crippen molar-refractivity contribution >= 4 is 18.2 Å². The molecule has 0 N–H and O–H groups in total. The van der Waals surface area contributed by atoms with E-state index in [1.807, 2.05) is 0 Å². The van der Waals surface area contributed by atoms with Crippen molar-refractivity contribution in [1.82, 2.24) is 0 Å². The minimum Gasteiger partial charge on any atom is -0.494 e. The number of esters is 2. The van der Waals surface area contributed by atoms with Gasteiger partial charge in [-0.3, -0.25) is 0 Å². The van der Waals surface area contributed by atoms with Gasteiger partial charge in [0.25, 0.3) is 0 Å². The van der Waals surface area contributed by atoms with Gasteiger partial charge in [-0.2, -0.15) is 0 Å². The second-order valence-electron chi connectivity index (χ2n) is 6.76. The highest BCUT2D eigenvalue weighted by atomic mass is 16.5. The van der Waals surface area contributed by atoms with Gasteiger partial charge in [-0.15, -0.1) is 0 Å². The van der Waals surface area contributed by atoms with Crippen LogP contribution in [0.15, 0.2) is 18.2 Å². The van der Waals surface area contributed by atoms with E-state index >= 15 is 0 Å². The molecule has 0 aliphatic heterocycles. The molecule has 1 aromatic carbocycles. The van der Waals surface area contributed by atoms with Gasteiger partial charge in [0.1, 0.15) is 12.0 Å². The third kappa shape index (κ3) is 5.07. The second-order valence-corrected chi connectivity index (χ2v) is 6.76. The van der Waals surface area contributed by atoms with Crippen LogP contribution in [0, 0.1) is 5.41 Å². The number of benzene rings is 1. The summed E-state index contributed by atoms with van der Waals surface area (Å²) in [5, 5.41) is 0. The Labute approximate surface area is 153 Å². The van der Waals surface area contributed by atoms with Crippen molar-refractivity contribution in [1.29, 1.82) is 0 Å². The van der Waals surface area contributed by atoms with Crippen molar-refractivity contribution < 1.29 is 28.6 Å². The molecule has 6 nitrogen and oxygen atoms in total. The molecule has 1 aliphatic carbocycles. The average Bonchev–Trinajstić information content (AvgIpc) is 2.67. The summed E-state index contributed by atoms with van der Waals surface area (Å²) in [6.45, 7) is 0.416. The van der Waals surface area contributed by atoms with Crippen molar-refractivity contribution in [2.24, 2.45) is 5.41 Å². The van der Waals surface area contributed by atoms with E-state index < -0.39 is 11.9 Å². The largest absolute Gasteiger partial charge is 0.494 e. The van der Waals surface area contributed by atoms with E-state index in [9.17, 15) is 14.4 Å². The first-order chi connectivity index (χ1) is 12.5. The topological polar surface area (TPSA) is 78.9 Å². The van der Waals surface area contributed by atoms with Crippen LogP contribution in [0.5, 0.6) is 5.75 Å². The minimum atomic E-state index is -0.551. The van der Waals surface area contributed by atoms with E-state index in [0.29, 0.717) is 18.8 Å². The van der Waals surface area contributed by atoms with Crippen LogP contribution in [0.25, 0.3) is 0 Å². The van der Waals surface area contributed by atoms with E-state index in [-0.39, 0.29) is 16.5 Å². The molecule has 0 spiro atoms. The molecular formula is C20H26O6. The second kappa shape index (κ2) is 9.36. The summed E-state index contributed by atoms with van der Waals surface area (Å²) in [5.74, 6) is -0.694. The summed E-state index contributed by atoms with van der Waals surface area (Å²) < 4.78 is 15.3.